The summed E-state index contributed by atoms with van der Waals surface area (Å²) in [7, 11) is 0. The number of alkyl halides is 2. The average Bonchev–Trinajstić information content (AvgIpc) is 2.14. The molecule has 0 radical (unpaired) electrons. The fraction of sp³-hybridized carbons (Fsp3) is 0.714. The van der Waals surface area contributed by atoms with Crippen LogP contribution in [0, 0.1) is 0 Å². The van der Waals surface area contributed by atoms with Gasteiger partial charge in [0.15, 0.2) is 0 Å². The van der Waals surface area contributed by atoms with Gasteiger partial charge in [-0.05, 0) is 6.42 Å². The van der Waals surface area contributed by atoms with Crippen LogP contribution in [0.2, 0.25) is 0 Å². The molecule has 4 nitrogen and oxygen atoms in total. The summed E-state index contributed by atoms with van der Waals surface area (Å²) < 4.78 is 0. The van der Waals surface area contributed by atoms with E-state index >= 15 is 0 Å². The second-order valence-electron chi connectivity index (χ2n) is 2.24. The molecule has 0 aromatic carbocycles. The lowest BCUT2D eigenvalue weighted by atomic mass is 10.4. The van der Waals surface area contributed by atoms with Gasteiger partial charge in [0, 0.05) is 24.8 Å². The predicted molar refractivity (Wildman–Crippen MR) is 52.1 cm³/mol. The van der Waals surface area contributed by atoms with Crippen LogP contribution in [0.15, 0.2) is 0 Å². The number of rotatable bonds is 5. The van der Waals surface area contributed by atoms with Gasteiger partial charge < -0.3 is 10.6 Å². The number of amides is 2. The van der Waals surface area contributed by atoms with Gasteiger partial charge in [-0.2, -0.15) is 0 Å². The van der Waals surface area contributed by atoms with Crippen molar-refractivity contribution in [3.63, 3.8) is 0 Å². The quantitative estimate of drug-likeness (QED) is 0.397. The molecular formula is C7H12Cl2N2O2. The minimum absolute atomic E-state index is 0.292. The number of nitrogens with one attached hydrogen (secondary N) is 2. The average molecular weight is 227 g/mol. The van der Waals surface area contributed by atoms with Gasteiger partial charge in [0.25, 0.3) is 0 Å². The Balaban J connectivity index is 3.51. The SMILES string of the molecule is O=C(NCCCl)C(=O)NCCCCl. The summed E-state index contributed by atoms with van der Waals surface area (Å²) in [6, 6.07) is 0. The summed E-state index contributed by atoms with van der Waals surface area (Å²) in [5.74, 6) is -0.546. The van der Waals surface area contributed by atoms with Crippen molar-refractivity contribution in [2.24, 2.45) is 0 Å². The van der Waals surface area contributed by atoms with E-state index in [0.29, 0.717) is 31.3 Å². The van der Waals surface area contributed by atoms with Gasteiger partial charge in [0.2, 0.25) is 0 Å². The molecule has 0 rings (SSSR count). The molecule has 76 valence electrons. The van der Waals surface area contributed by atoms with E-state index in [1.165, 1.54) is 0 Å². The molecule has 0 atom stereocenters. The smallest absolute Gasteiger partial charge is 0.309 e. The van der Waals surface area contributed by atoms with Gasteiger partial charge in [0.1, 0.15) is 0 Å². The summed E-state index contributed by atoms with van der Waals surface area (Å²) in [5, 5.41) is 4.76. The molecule has 0 aliphatic rings. The molecule has 0 unspecified atom stereocenters. The minimum Gasteiger partial charge on any atom is -0.348 e. The molecule has 2 amide bonds. The third kappa shape index (κ3) is 6.66. The van der Waals surface area contributed by atoms with Crippen molar-refractivity contribution in [1.82, 2.24) is 10.6 Å². The maximum absolute atomic E-state index is 10.9. The molecule has 6 heteroatoms. The summed E-state index contributed by atoms with van der Waals surface area (Å²) >= 11 is 10.7. The summed E-state index contributed by atoms with van der Waals surface area (Å²) in [5.41, 5.74) is 0. The Hall–Kier alpha value is -0.480. The molecule has 0 aromatic heterocycles. The topological polar surface area (TPSA) is 58.2 Å². The van der Waals surface area contributed by atoms with Crippen LogP contribution in [0.3, 0.4) is 0 Å². The maximum atomic E-state index is 10.9. The lowest BCUT2D eigenvalue weighted by Gasteiger charge is -2.03. The van der Waals surface area contributed by atoms with Gasteiger partial charge in [-0.3, -0.25) is 9.59 Å². The molecule has 0 bridgehead atoms. The standard InChI is InChI=1S/C7H12Cl2N2O2/c8-2-1-4-10-6(12)7(13)11-5-3-9/h1-5H2,(H,10,12)(H,11,13). The van der Waals surface area contributed by atoms with Crippen molar-refractivity contribution < 1.29 is 9.59 Å². The molecule has 0 aromatic rings. The van der Waals surface area contributed by atoms with E-state index in [2.05, 4.69) is 10.6 Å². The molecule has 0 saturated heterocycles. The van der Waals surface area contributed by atoms with Gasteiger partial charge in [-0.15, -0.1) is 23.2 Å². The van der Waals surface area contributed by atoms with Crippen molar-refractivity contribution in [2.75, 3.05) is 24.8 Å². The molecule has 0 heterocycles. The minimum atomic E-state index is -0.657. The third-order valence-corrected chi connectivity index (χ3v) is 1.64. The highest BCUT2D eigenvalue weighted by Gasteiger charge is 2.10. The van der Waals surface area contributed by atoms with Crippen LogP contribution in [0.5, 0.6) is 0 Å². The zero-order chi connectivity index (χ0) is 10.1. The Bertz CT molecular complexity index is 176. The molecule has 0 fully saturated rings. The fourth-order valence-electron chi connectivity index (χ4n) is 0.590. The predicted octanol–water partition coefficient (Wildman–Crippen LogP) is 0.0865. The fourth-order valence-corrected chi connectivity index (χ4v) is 0.818. The highest BCUT2D eigenvalue weighted by atomic mass is 35.5. The zero-order valence-corrected chi connectivity index (χ0v) is 8.62. The van der Waals surface area contributed by atoms with E-state index < -0.39 is 11.8 Å². The van der Waals surface area contributed by atoms with Gasteiger partial charge >= 0.3 is 11.8 Å². The molecule has 2 N–H and O–H groups in total. The second kappa shape index (κ2) is 8.13. The normalized spacial score (nSPS) is 9.38. The number of carbonyl (C=O) groups is 2. The number of hydrogen-bond donors (Lipinski definition) is 2. The Morgan fingerprint density at radius 1 is 0.923 bits per heavy atom. The number of hydrogen-bond acceptors (Lipinski definition) is 2. The molecule has 13 heavy (non-hydrogen) atoms. The second-order valence-corrected chi connectivity index (χ2v) is 3.00. The highest BCUT2D eigenvalue weighted by Crippen LogP contribution is 1.81. The van der Waals surface area contributed by atoms with E-state index in [9.17, 15) is 9.59 Å². The summed E-state index contributed by atoms with van der Waals surface area (Å²) in [6.07, 6.45) is 0.649. The summed E-state index contributed by atoms with van der Waals surface area (Å²) in [4.78, 5) is 21.8. The summed E-state index contributed by atoms with van der Waals surface area (Å²) in [6.45, 7) is 0.708. The van der Waals surface area contributed by atoms with E-state index in [-0.39, 0.29) is 0 Å². The first-order valence-corrected chi connectivity index (χ1v) is 4.97. The van der Waals surface area contributed by atoms with E-state index in [4.69, 9.17) is 23.2 Å². The molecule has 0 spiro atoms. The third-order valence-electron chi connectivity index (χ3n) is 1.18. The van der Waals surface area contributed by atoms with Crippen LogP contribution in [-0.4, -0.2) is 36.7 Å². The monoisotopic (exact) mass is 226 g/mol. The Morgan fingerprint density at radius 3 is 1.92 bits per heavy atom. The van der Waals surface area contributed by atoms with Gasteiger partial charge in [-0.25, -0.2) is 0 Å². The lowest BCUT2D eigenvalue weighted by molar-refractivity contribution is -0.139. The Kier molecular flexibility index (Phi) is 7.83. The Labute approximate surface area is 87.0 Å². The molecule has 0 aliphatic carbocycles. The van der Waals surface area contributed by atoms with Crippen LogP contribution < -0.4 is 10.6 Å². The van der Waals surface area contributed by atoms with E-state index in [1.54, 1.807) is 0 Å². The van der Waals surface area contributed by atoms with Crippen molar-refractivity contribution in [2.45, 2.75) is 6.42 Å². The van der Waals surface area contributed by atoms with Crippen LogP contribution in [-0.2, 0) is 9.59 Å². The molecule has 0 aliphatic heterocycles. The zero-order valence-electron chi connectivity index (χ0n) is 7.11. The van der Waals surface area contributed by atoms with Crippen molar-refractivity contribution in [1.29, 1.82) is 0 Å². The van der Waals surface area contributed by atoms with Crippen molar-refractivity contribution in [3.8, 4) is 0 Å². The first kappa shape index (κ1) is 12.5. The first-order chi connectivity index (χ1) is 6.22. The van der Waals surface area contributed by atoms with Crippen LogP contribution in [0.25, 0.3) is 0 Å². The van der Waals surface area contributed by atoms with Crippen LogP contribution >= 0.6 is 23.2 Å². The number of carbonyl (C=O) groups excluding carboxylic acids is 2. The number of halogens is 2. The lowest BCUT2D eigenvalue weighted by Crippen LogP contribution is -2.40. The van der Waals surface area contributed by atoms with Crippen molar-refractivity contribution in [3.05, 3.63) is 0 Å². The van der Waals surface area contributed by atoms with E-state index in [1.807, 2.05) is 0 Å². The Morgan fingerprint density at radius 2 is 1.46 bits per heavy atom. The maximum Gasteiger partial charge on any atom is 0.309 e. The molecular weight excluding hydrogens is 215 g/mol. The van der Waals surface area contributed by atoms with Gasteiger partial charge in [-0.1, -0.05) is 0 Å². The van der Waals surface area contributed by atoms with Crippen LogP contribution in [0.1, 0.15) is 6.42 Å². The van der Waals surface area contributed by atoms with E-state index in [0.717, 1.165) is 0 Å². The van der Waals surface area contributed by atoms with Crippen molar-refractivity contribution >= 4 is 35.0 Å². The van der Waals surface area contributed by atoms with Gasteiger partial charge in [0.05, 0.1) is 0 Å². The highest BCUT2D eigenvalue weighted by molar-refractivity contribution is 6.35. The largest absolute Gasteiger partial charge is 0.348 e. The first-order valence-electron chi connectivity index (χ1n) is 3.90. The van der Waals surface area contributed by atoms with Crippen LogP contribution in [0.4, 0.5) is 0 Å². The molecule has 0 saturated carbocycles.